The highest BCUT2D eigenvalue weighted by atomic mass is 32.2. The zero-order valence-corrected chi connectivity index (χ0v) is 13.1. The van der Waals surface area contributed by atoms with Crippen LogP contribution in [0.5, 0.6) is 0 Å². The zero-order chi connectivity index (χ0) is 15.8. The normalized spacial score (nSPS) is 23.2. The lowest BCUT2D eigenvalue weighted by Gasteiger charge is -2.22. The predicted molar refractivity (Wildman–Crippen MR) is 79.8 cm³/mol. The molecule has 2 rings (SSSR count). The van der Waals surface area contributed by atoms with Gasteiger partial charge in [0.1, 0.15) is 4.90 Å². The lowest BCUT2D eigenvalue weighted by atomic mass is 10.1. The molecule has 21 heavy (non-hydrogen) atoms. The summed E-state index contributed by atoms with van der Waals surface area (Å²) < 4.78 is 27.0. The Labute approximate surface area is 124 Å². The van der Waals surface area contributed by atoms with Gasteiger partial charge in [0.05, 0.1) is 10.6 Å². The lowest BCUT2D eigenvalue weighted by Crippen LogP contribution is -2.34. The maximum absolute atomic E-state index is 12.8. The molecule has 1 aromatic rings. The van der Waals surface area contributed by atoms with E-state index < -0.39 is 14.9 Å². The Morgan fingerprint density at radius 3 is 2.52 bits per heavy atom. The Bertz CT molecular complexity index is 659. The molecule has 0 spiro atoms. The molecule has 1 saturated heterocycles. The van der Waals surface area contributed by atoms with Crippen LogP contribution >= 0.6 is 0 Å². The van der Waals surface area contributed by atoms with Crippen molar-refractivity contribution in [3.63, 3.8) is 0 Å². The molecule has 0 aromatic heterocycles. The van der Waals surface area contributed by atoms with Gasteiger partial charge < -0.3 is 5.32 Å². The maximum atomic E-state index is 12.8. The van der Waals surface area contributed by atoms with E-state index in [9.17, 15) is 18.5 Å². The molecule has 1 aromatic carbocycles. The van der Waals surface area contributed by atoms with Gasteiger partial charge in [0.25, 0.3) is 5.69 Å². The maximum Gasteiger partial charge on any atom is 0.270 e. The Balaban J connectivity index is 2.53. The van der Waals surface area contributed by atoms with Crippen molar-refractivity contribution in [3.8, 4) is 0 Å². The van der Waals surface area contributed by atoms with Gasteiger partial charge >= 0.3 is 0 Å². The molecule has 1 N–H and O–H groups in total. The summed E-state index contributed by atoms with van der Waals surface area (Å²) in [6.45, 7) is 4.30. The molecule has 1 aliphatic rings. The molecular formula is C13H19N3O4S. The van der Waals surface area contributed by atoms with Crippen LogP contribution in [0.2, 0.25) is 0 Å². The summed E-state index contributed by atoms with van der Waals surface area (Å²) in [5.41, 5.74) is 0.139. The van der Waals surface area contributed by atoms with E-state index in [0.29, 0.717) is 12.2 Å². The Hall–Kier alpha value is -1.67. The van der Waals surface area contributed by atoms with Crippen molar-refractivity contribution < 1.29 is 13.3 Å². The van der Waals surface area contributed by atoms with Crippen LogP contribution < -0.4 is 5.32 Å². The smallest absolute Gasteiger partial charge is 0.270 e. The van der Waals surface area contributed by atoms with E-state index >= 15 is 0 Å². The molecule has 0 aliphatic carbocycles. The van der Waals surface area contributed by atoms with Crippen molar-refractivity contribution in [3.05, 3.63) is 28.3 Å². The van der Waals surface area contributed by atoms with E-state index in [2.05, 4.69) is 5.32 Å². The van der Waals surface area contributed by atoms with Crippen LogP contribution in [0, 0.1) is 16.0 Å². The number of hydrogen-bond donors (Lipinski definition) is 1. The second-order valence-electron chi connectivity index (χ2n) is 5.45. The SMILES string of the molecule is CNc1ccc([N+](=O)[O-])cc1S(=O)(=O)N1CC(C)CC1C. The molecule has 0 amide bonds. The summed E-state index contributed by atoms with van der Waals surface area (Å²) in [7, 11) is -2.16. The highest BCUT2D eigenvalue weighted by Crippen LogP contribution is 2.34. The average Bonchev–Trinajstić information content (AvgIpc) is 2.77. The molecule has 2 unspecified atom stereocenters. The fourth-order valence-corrected chi connectivity index (χ4v) is 4.75. The lowest BCUT2D eigenvalue weighted by molar-refractivity contribution is -0.385. The van der Waals surface area contributed by atoms with Gasteiger partial charge in [-0.15, -0.1) is 0 Å². The first-order valence-corrected chi connectivity index (χ1v) is 8.19. The number of benzene rings is 1. The molecule has 1 aliphatic heterocycles. The fraction of sp³-hybridized carbons (Fsp3) is 0.538. The molecule has 116 valence electrons. The van der Waals surface area contributed by atoms with E-state index in [1.54, 1.807) is 7.05 Å². The first-order chi connectivity index (χ1) is 9.77. The minimum absolute atomic E-state index is 0.0415. The highest BCUT2D eigenvalue weighted by molar-refractivity contribution is 7.89. The van der Waals surface area contributed by atoms with Crippen LogP contribution in [0.25, 0.3) is 0 Å². The third kappa shape index (κ3) is 2.86. The third-order valence-corrected chi connectivity index (χ3v) is 5.78. The standard InChI is InChI=1S/C13H19N3O4S/c1-9-6-10(2)15(8-9)21(19,20)13-7-11(16(17)18)4-5-12(13)14-3/h4-5,7,9-10,14H,6,8H2,1-3H3. The van der Waals surface area contributed by atoms with Gasteiger partial charge in [0, 0.05) is 31.8 Å². The van der Waals surface area contributed by atoms with E-state index in [0.717, 1.165) is 12.5 Å². The fourth-order valence-electron chi connectivity index (χ4n) is 2.77. The summed E-state index contributed by atoms with van der Waals surface area (Å²) >= 11 is 0. The molecular weight excluding hydrogens is 294 g/mol. The van der Waals surface area contributed by atoms with Crippen molar-refractivity contribution in [2.75, 3.05) is 18.9 Å². The number of nitro groups is 1. The van der Waals surface area contributed by atoms with E-state index in [4.69, 9.17) is 0 Å². The number of nitrogens with zero attached hydrogens (tertiary/aromatic N) is 2. The van der Waals surface area contributed by atoms with Gasteiger partial charge in [-0.25, -0.2) is 8.42 Å². The van der Waals surface area contributed by atoms with Crippen LogP contribution in [-0.2, 0) is 10.0 Å². The van der Waals surface area contributed by atoms with E-state index in [1.165, 1.54) is 16.4 Å². The summed E-state index contributed by atoms with van der Waals surface area (Å²) in [6, 6.07) is 3.74. The quantitative estimate of drug-likeness (QED) is 0.678. The van der Waals surface area contributed by atoms with Crippen LogP contribution in [0.3, 0.4) is 0 Å². The summed E-state index contributed by atoms with van der Waals surface area (Å²) in [6.07, 6.45) is 0.795. The zero-order valence-electron chi connectivity index (χ0n) is 12.2. The van der Waals surface area contributed by atoms with Crippen molar-refractivity contribution in [2.24, 2.45) is 5.92 Å². The summed E-state index contributed by atoms with van der Waals surface area (Å²) in [5.74, 6) is 0.284. The molecule has 0 radical (unpaired) electrons. The highest BCUT2D eigenvalue weighted by Gasteiger charge is 2.37. The number of nitrogens with one attached hydrogen (secondary N) is 1. The second kappa shape index (κ2) is 5.61. The molecule has 0 bridgehead atoms. The van der Waals surface area contributed by atoms with Crippen molar-refractivity contribution in [1.29, 1.82) is 0 Å². The molecule has 1 fully saturated rings. The minimum Gasteiger partial charge on any atom is -0.387 e. The van der Waals surface area contributed by atoms with Crippen LogP contribution in [0.1, 0.15) is 20.3 Å². The average molecular weight is 313 g/mol. The summed E-state index contributed by atoms with van der Waals surface area (Å²) in [5, 5.41) is 13.7. The van der Waals surface area contributed by atoms with Gasteiger partial charge in [-0.05, 0) is 25.3 Å². The number of rotatable bonds is 4. The van der Waals surface area contributed by atoms with Crippen molar-refractivity contribution in [2.45, 2.75) is 31.2 Å². The van der Waals surface area contributed by atoms with E-state index in [1.807, 2.05) is 13.8 Å². The van der Waals surface area contributed by atoms with E-state index in [-0.39, 0.29) is 22.5 Å². The van der Waals surface area contributed by atoms with Crippen molar-refractivity contribution >= 4 is 21.4 Å². The number of sulfonamides is 1. The van der Waals surface area contributed by atoms with Gasteiger partial charge in [-0.3, -0.25) is 10.1 Å². The van der Waals surface area contributed by atoms with Gasteiger partial charge in [0.15, 0.2) is 0 Å². The number of hydrogen-bond acceptors (Lipinski definition) is 5. The largest absolute Gasteiger partial charge is 0.387 e. The topological polar surface area (TPSA) is 92.5 Å². The van der Waals surface area contributed by atoms with Crippen LogP contribution in [0.4, 0.5) is 11.4 Å². The van der Waals surface area contributed by atoms with Crippen LogP contribution in [-0.4, -0.2) is 37.3 Å². The molecule has 0 saturated carbocycles. The second-order valence-corrected chi connectivity index (χ2v) is 7.31. The Kier molecular flexibility index (Phi) is 4.20. The first-order valence-electron chi connectivity index (χ1n) is 6.75. The number of non-ortho nitro benzene ring substituents is 1. The monoisotopic (exact) mass is 313 g/mol. The molecule has 7 nitrogen and oxygen atoms in total. The predicted octanol–water partition coefficient (Wildman–Crippen LogP) is 2.06. The number of nitro benzene ring substituents is 1. The molecule has 8 heteroatoms. The van der Waals surface area contributed by atoms with Gasteiger partial charge in [0.2, 0.25) is 10.0 Å². The Morgan fingerprint density at radius 1 is 1.38 bits per heavy atom. The Morgan fingerprint density at radius 2 is 2.05 bits per heavy atom. The number of anilines is 1. The van der Waals surface area contributed by atoms with Gasteiger partial charge in [-0.1, -0.05) is 6.92 Å². The minimum atomic E-state index is -3.75. The van der Waals surface area contributed by atoms with Crippen molar-refractivity contribution in [1.82, 2.24) is 4.31 Å². The molecule has 1 heterocycles. The van der Waals surface area contributed by atoms with Gasteiger partial charge in [-0.2, -0.15) is 4.31 Å². The van der Waals surface area contributed by atoms with Crippen LogP contribution in [0.15, 0.2) is 23.1 Å². The summed E-state index contributed by atoms with van der Waals surface area (Å²) in [4.78, 5) is 10.3. The molecule has 2 atom stereocenters. The first kappa shape index (κ1) is 15.7. The third-order valence-electron chi connectivity index (χ3n) is 3.76.